The van der Waals surface area contributed by atoms with E-state index in [0.717, 1.165) is 5.56 Å². The van der Waals surface area contributed by atoms with Crippen LogP contribution in [0.1, 0.15) is 28.6 Å². The highest BCUT2D eigenvalue weighted by atomic mass is 35.5. The van der Waals surface area contributed by atoms with E-state index in [1.807, 2.05) is 19.2 Å². The van der Waals surface area contributed by atoms with Crippen LogP contribution < -0.4 is 5.32 Å². The molecule has 0 unspecified atom stereocenters. The average molecular weight is 315 g/mol. The van der Waals surface area contributed by atoms with Crippen molar-refractivity contribution in [3.8, 4) is 0 Å². The molecule has 1 rings (SSSR count). The molecular weight excluding hydrogens is 301 g/mol. The Kier molecular flexibility index (Phi) is 5.58. The molecule has 0 aliphatic heterocycles. The lowest BCUT2D eigenvalue weighted by molar-refractivity contribution is 0.0918. The Hall–Kier alpha value is 0.0400. The molecule has 1 amide bonds. The zero-order valence-corrected chi connectivity index (χ0v) is 12.7. The maximum absolute atomic E-state index is 12.1. The van der Waals surface area contributed by atoms with Crippen molar-refractivity contribution in [2.24, 2.45) is 0 Å². The van der Waals surface area contributed by atoms with Gasteiger partial charge >= 0.3 is 0 Å². The summed E-state index contributed by atoms with van der Waals surface area (Å²) in [6, 6.07) is 0. The number of halogens is 3. The van der Waals surface area contributed by atoms with Gasteiger partial charge in [-0.25, -0.2) is 0 Å². The molecule has 2 nitrogen and oxygen atoms in total. The van der Waals surface area contributed by atoms with Crippen LogP contribution in [0.25, 0.3) is 0 Å². The van der Waals surface area contributed by atoms with Crippen molar-refractivity contribution < 1.29 is 4.79 Å². The number of rotatable bonds is 5. The van der Waals surface area contributed by atoms with Crippen LogP contribution in [0.2, 0.25) is 5.02 Å². The number of hydrogen-bond donors (Lipinski definition) is 1. The summed E-state index contributed by atoms with van der Waals surface area (Å²) in [6.45, 7) is 3.80. The molecule has 0 aromatic carbocycles. The van der Waals surface area contributed by atoms with Crippen molar-refractivity contribution in [2.45, 2.75) is 25.8 Å². The SMILES string of the molecule is CCC(CCl)(CCl)NC(=O)c1scc(C)c1Cl. The fourth-order valence-electron chi connectivity index (χ4n) is 1.26. The van der Waals surface area contributed by atoms with Gasteiger partial charge in [0.05, 0.1) is 10.6 Å². The number of carbonyl (C=O) groups excluding carboxylic acids is 1. The van der Waals surface area contributed by atoms with E-state index in [1.165, 1.54) is 11.3 Å². The predicted octanol–water partition coefficient (Wildman–Crippen LogP) is 4.07. The second-order valence-electron chi connectivity index (χ2n) is 3.92. The van der Waals surface area contributed by atoms with E-state index >= 15 is 0 Å². The zero-order chi connectivity index (χ0) is 13.1. The van der Waals surface area contributed by atoms with Gasteiger partial charge in [0.25, 0.3) is 5.91 Å². The summed E-state index contributed by atoms with van der Waals surface area (Å²) in [4.78, 5) is 12.6. The largest absolute Gasteiger partial charge is 0.343 e. The fraction of sp³-hybridized carbons (Fsp3) is 0.545. The highest BCUT2D eigenvalue weighted by Crippen LogP contribution is 2.28. The van der Waals surface area contributed by atoms with Gasteiger partial charge in [0.2, 0.25) is 0 Å². The number of hydrogen-bond acceptors (Lipinski definition) is 2. The molecule has 0 bridgehead atoms. The Balaban J connectivity index is 2.88. The lowest BCUT2D eigenvalue weighted by atomic mass is 10.0. The number of amides is 1. The third-order valence-electron chi connectivity index (χ3n) is 2.67. The van der Waals surface area contributed by atoms with E-state index in [4.69, 9.17) is 34.8 Å². The maximum Gasteiger partial charge on any atom is 0.263 e. The molecule has 1 aromatic rings. The molecule has 0 saturated heterocycles. The van der Waals surface area contributed by atoms with Gasteiger partial charge in [0.1, 0.15) is 4.88 Å². The van der Waals surface area contributed by atoms with Gasteiger partial charge in [-0.3, -0.25) is 4.79 Å². The summed E-state index contributed by atoms with van der Waals surface area (Å²) in [5, 5.41) is 5.23. The second kappa shape index (κ2) is 6.28. The standard InChI is InChI=1S/C11H14Cl3NOS/c1-3-11(5-12,6-13)15-10(16)9-8(14)7(2)4-17-9/h4H,3,5-6H2,1-2H3,(H,15,16). The topological polar surface area (TPSA) is 29.1 Å². The zero-order valence-electron chi connectivity index (χ0n) is 9.65. The van der Waals surface area contributed by atoms with Gasteiger partial charge in [-0.05, 0) is 24.3 Å². The Bertz CT molecular complexity index is 393. The van der Waals surface area contributed by atoms with E-state index in [2.05, 4.69) is 5.32 Å². The van der Waals surface area contributed by atoms with Crippen molar-refractivity contribution in [3.63, 3.8) is 0 Å². The Morgan fingerprint density at radius 1 is 1.47 bits per heavy atom. The monoisotopic (exact) mass is 313 g/mol. The second-order valence-corrected chi connectivity index (χ2v) is 5.71. The van der Waals surface area contributed by atoms with Gasteiger partial charge in [-0.15, -0.1) is 34.5 Å². The Labute approximate surface area is 120 Å². The van der Waals surface area contributed by atoms with Crippen LogP contribution in [0.4, 0.5) is 0 Å². The third-order valence-corrected chi connectivity index (χ3v) is 5.39. The molecule has 0 radical (unpaired) electrons. The molecule has 1 aromatic heterocycles. The summed E-state index contributed by atoms with van der Waals surface area (Å²) in [5.74, 6) is 0.345. The first-order chi connectivity index (χ1) is 7.99. The minimum atomic E-state index is -0.568. The number of carbonyl (C=O) groups is 1. The molecule has 0 aliphatic rings. The average Bonchev–Trinajstić information content (AvgIpc) is 2.67. The quantitative estimate of drug-likeness (QED) is 0.816. The molecule has 6 heteroatoms. The van der Waals surface area contributed by atoms with Crippen LogP contribution in [0.15, 0.2) is 5.38 Å². The van der Waals surface area contributed by atoms with E-state index in [9.17, 15) is 4.79 Å². The minimum absolute atomic E-state index is 0.212. The van der Waals surface area contributed by atoms with Crippen molar-refractivity contribution in [3.05, 3.63) is 20.8 Å². The summed E-state index contributed by atoms with van der Waals surface area (Å²) in [5.41, 5.74) is 0.335. The predicted molar refractivity (Wildman–Crippen MR) is 76.0 cm³/mol. The molecule has 0 aliphatic carbocycles. The van der Waals surface area contributed by atoms with Crippen LogP contribution in [0.5, 0.6) is 0 Å². The Morgan fingerprint density at radius 3 is 2.41 bits per heavy atom. The van der Waals surface area contributed by atoms with Crippen LogP contribution >= 0.6 is 46.1 Å². The van der Waals surface area contributed by atoms with Crippen LogP contribution in [0.3, 0.4) is 0 Å². The molecular formula is C11H14Cl3NOS. The van der Waals surface area contributed by atoms with E-state index in [-0.39, 0.29) is 17.7 Å². The molecule has 0 spiro atoms. The van der Waals surface area contributed by atoms with Crippen LogP contribution in [-0.2, 0) is 0 Å². The van der Waals surface area contributed by atoms with Crippen molar-refractivity contribution in [1.82, 2.24) is 5.32 Å². The van der Waals surface area contributed by atoms with Gasteiger partial charge < -0.3 is 5.32 Å². The van der Waals surface area contributed by atoms with Gasteiger partial charge in [-0.1, -0.05) is 18.5 Å². The van der Waals surface area contributed by atoms with Crippen molar-refractivity contribution in [2.75, 3.05) is 11.8 Å². The fourth-order valence-corrected chi connectivity index (χ4v) is 3.23. The van der Waals surface area contributed by atoms with Crippen molar-refractivity contribution in [1.29, 1.82) is 0 Å². The lowest BCUT2D eigenvalue weighted by Crippen LogP contribution is -2.51. The molecule has 96 valence electrons. The summed E-state index contributed by atoms with van der Waals surface area (Å²) < 4.78 is 0. The minimum Gasteiger partial charge on any atom is -0.343 e. The van der Waals surface area contributed by atoms with Crippen molar-refractivity contribution >= 4 is 52.0 Å². The number of thiophene rings is 1. The Morgan fingerprint density at radius 2 is 2.06 bits per heavy atom. The number of aryl methyl sites for hydroxylation is 1. The van der Waals surface area contributed by atoms with Gasteiger partial charge in [0.15, 0.2) is 0 Å². The van der Waals surface area contributed by atoms with Gasteiger partial charge in [-0.2, -0.15) is 0 Å². The van der Waals surface area contributed by atoms with Crippen LogP contribution in [0, 0.1) is 6.92 Å². The highest BCUT2D eigenvalue weighted by molar-refractivity contribution is 7.13. The molecule has 0 atom stereocenters. The van der Waals surface area contributed by atoms with E-state index in [0.29, 0.717) is 16.3 Å². The third kappa shape index (κ3) is 3.28. The molecule has 1 N–H and O–H groups in total. The van der Waals surface area contributed by atoms with Gasteiger partial charge in [0, 0.05) is 11.8 Å². The number of nitrogens with one attached hydrogen (secondary N) is 1. The normalized spacial score (nSPS) is 11.6. The smallest absolute Gasteiger partial charge is 0.263 e. The first kappa shape index (κ1) is 15.1. The first-order valence-electron chi connectivity index (χ1n) is 5.17. The molecule has 0 fully saturated rings. The number of alkyl halides is 2. The summed E-state index contributed by atoms with van der Waals surface area (Å²) in [6.07, 6.45) is 0.674. The first-order valence-corrected chi connectivity index (χ1v) is 7.50. The van der Waals surface area contributed by atoms with E-state index < -0.39 is 5.54 Å². The summed E-state index contributed by atoms with van der Waals surface area (Å²) in [7, 11) is 0. The summed E-state index contributed by atoms with van der Waals surface area (Å²) >= 11 is 19.1. The lowest BCUT2D eigenvalue weighted by Gasteiger charge is -2.29. The highest BCUT2D eigenvalue weighted by Gasteiger charge is 2.29. The molecule has 1 heterocycles. The molecule has 17 heavy (non-hydrogen) atoms. The molecule has 0 saturated carbocycles. The van der Waals surface area contributed by atoms with Crippen LogP contribution in [-0.4, -0.2) is 23.2 Å². The van der Waals surface area contributed by atoms with E-state index in [1.54, 1.807) is 0 Å². The maximum atomic E-state index is 12.1.